The minimum absolute atomic E-state index is 0.111. The van der Waals surface area contributed by atoms with E-state index >= 15 is 0 Å². The van der Waals surface area contributed by atoms with Gasteiger partial charge >= 0.3 is 0 Å². The van der Waals surface area contributed by atoms with Gasteiger partial charge in [0, 0.05) is 11.2 Å². The zero-order chi connectivity index (χ0) is 17.9. The third kappa shape index (κ3) is 4.76. The molecule has 2 aromatic heterocycles. The summed E-state index contributed by atoms with van der Waals surface area (Å²) in [5.41, 5.74) is 2.25. The minimum Gasteiger partial charge on any atom is -0.213 e. The van der Waals surface area contributed by atoms with Gasteiger partial charge in [-0.3, -0.25) is 0 Å². The van der Waals surface area contributed by atoms with Gasteiger partial charge in [0.25, 0.3) is 0 Å². The van der Waals surface area contributed by atoms with E-state index in [9.17, 15) is 4.39 Å². The van der Waals surface area contributed by atoms with E-state index in [0.29, 0.717) is 16.7 Å². The van der Waals surface area contributed by atoms with Crippen LogP contribution in [0.2, 0.25) is 0 Å². The lowest BCUT2D eigenvalue weighted by Crippen LogP contribution is -2.03. The summed E-state index contributed by atoms with van der Waals surface area (Å²) in [4.78, 5) is 4.73. The number of thiazole rings is 1. The third-order valence-corrected chi connectivity index (χ3v) is 6.19. The average molecular weight is 368 g/mol. The molecule has 0 aromatic carbocycles. The normalized spacial score (nSPS) is 15.5. The van der Waals surface area contributed by atoms with Gasteiger partial charge in [-0.15, -0.1) is 11.3 Å². The molecule has 0 fully saturated rings. The maximum Gasteiger partial charge on any atom is 0.228 e. The van der Waals surface area contributed by atoms with E-state index < -0.39 is 0 Å². The van der Waals surface area contributed by atoms with E-state index in [2.05, 4.69) is 61.6 Å². The van der Waals surface area contributed by atoms with E-state index in [1.165, 1.54) is 16.9 Å². The predicted octanol–water partition coefficient (Wildman–Crippen LogP) is 5.87. The fourth-order valence-corrected chi connectivity index (χ4v) is 3.77. The van der Waals surface area contributed by atoms with Gasteiger partial charge in [-0.2, -0.15) is 27.2 Å². The molecule has 0 aliphatic rings. The van der Waals surface area contributed by atoms with Crippen molar-refractivity contribution in [2.45, 2.75) is 70.5 Å². The number of rotatable bonds is 7. The lowest BCUT2D eigenvalue weighted by Gasteiger charge is -2.15. The summed E-state index contributed by atoms with van der Waals surface area (Å²) in [6.07, 6.45) is 3.83. The SMILES string of the molecule is CC(C)c1cc(C(C)CCC(C)c2nc(F)c(C(C)S)s2)cnn1. The first kappa shape index (κ1) is 19.3. The standard InChI is InChI=1S/C18H26FN3S2/c1-10(2)15-8-14(9-20-22-15)11(3)6-7-12(4)18-21-17(19)16(24-18)13(5)23/h8-13,23H,6-7H2,1-5H3. The minimum atomic E-state index is -0.364. The highest BCUT2D eigenvalue weighted by atomic mass is 32.1. The van der Waals surface area contributed by atoms with Crippen LogP contribution in [0.4, 0.5) is 4.39 Å². The molecule has 0 amide bonds. The van der Waals surface area contributed by atoms with E-state index in [0.717, 1.165) is 23.5 Å². The van der Waals surface area contributed by atoms with Crippen LogP contribution in [-0.2, 0) is 0 Å². The lowest BCUT2D eigenvalue weighted by molar-refractivity contribution is 0.545. The molecule has 132 valence electrons. The fraction of sp³-hybridized carbons (Fsp3) is 0.611. The van der Waals surface area contributed by atoms with Crippen molar-refractivity contribution >= 4 is 24.0 Å². The van der Waals surface area contributed by atoms with Crippen molar-refractivity contribution in [3.8, 4) is 0 Å². The summed E-state index contributed by atoms with van der Waals surface area (Å²) in [6.45, 7) is 10.4. The largest absolute Gasteiger partial charge is 0.228 e. The lowest BCUT2D eigenvalue weighted by atomic mass is 9.92. The van der Waals surface area contributed by atoms with Crippen molar-refractivity contribution in [2.75, 3.05) is 0 Å². The van der Waals surface area contributed by atoms with E-state index in [-0.39, 0.29) is 17.1 Å². The molecule has 2 aromatic rings. The summed E-state index contributed by atoms with van der Waals surface area (Å²) in [5, 5.41) is 9.07. The van der Waals surface area contributed by atoms with Crippen LogP contribution >= 0.6 is 24.0 Å². The highest BCUT2D eigenvalue weighted by molar-refractivity contribution is 7.80. The second-order valence-corrected chi connectivity index (χ2v) is 8.67. The number of thiol groups is 1. The fourth-order valence-electron chi connectivity index (χ4n) is 2.54. The Balaban J connectivity index is 1.99. The van der Waals surface area contributed by atoms with Gasteiger partial charge in [0.15, 0.2) is 0 Å². The maximum atomic E-state index is 13.8. The van der Waals surface area contributed by atoms with Gasteiger partial charge in [-0.05, 0) is 43.2 Å². The van der Waals surface area contributed by atoms with E-state index in [4.69, 9.17) is 0 Å². The van der Waals surface area contributed by atoms with Crippen LogP contribution in [0.25, 0.3) is 0 Å². The molecular formula is C18H26FN3S2. The van der Waals surface area contributed by atoms with Crippen LogP contribution in [0.15, 0.2) is 12.3 Å². The van der Waals surface area contributed by atoms with Crippen molar-refractivity contribution < 1.29 is 4.39 Å². The summed E-state index contributed by atoms with van der Waals surface area (Å²) >= 11 is 5.76. The Morgan fingerprint density at radius 3 is 2.38 bits per heavy atom. The number of hydrogen-bond acceptors (Lipinski definition) is 5. The van der Waals surface area contributed by atoms with Crippen LogP contribution < -0.4 is 0 Å². The summed E-state index contributed by atoms with van der Waals surface area (Å²) in [5.74, 6) is 0.654. The Labute approximate surface area is 153 Å². The van der Waals surface area contributed by atoms with Gasteiger partial charge in [0.1, 0.15) is 0 Å². The van der Waals surface area contributed by atoms with Crippen LogP contribution in [0, 0.1) is 5.95 Å². The molecule has 0 aliphatic carbocycles. The molecule has 0 saturated heterocycles. The number of aromatic nitrogens is 3. The molecule has 2 rings (SSSR count). The van der Waals surface area contributed by atoms with Crippen molar-refractivity contribution in [3.05, 3.63) is 39.4 Å². The molecule has 24 heavy (non-hydrogen) atoms. The van der Waals surface area contributed by atoms with Gasteiger partial charge < -0.3 is 0 Å². The predicted molar refractivity (Wildman–Crippen MR) is 102 cm³/mol. The Hall–Kier alpha value is -1.01. The van der Waals surface area contributed by atoms with Crippen LogP contribution in [0.5, 0.6) is 0 Å². The molecular weight excluding hydrogens is 341 g/mol. The zero-order valence-electron chi connectivity index (χ0n) is 15.0. The highest BCUT2D eigenvalue weighted by Crippen LogP contribution is 2.34. The molecule has 0 bridgehead atoms. The molecule has 0 saturated carbocycles. The summed E-state index contributed by atoms with van der Waals surface area (Å²) in [6, 6.07) is 2.15. The first-order chi connectivity index (χ1) is 11.3. The van der Waals surface area contributed by atoms with E-state index in [1.807, 2.05) is 13.1 Å². The topological polar surface area (TPSA) is 38.7 Å². The molecule has 0 spiro atoms. The Kier molecular flexibility index (Phi) is 6.75. The summed E-state index contributed by atoms with van der Waals surface area (Å²) in [7, 11) is 0. The average Bonchev–Trinajstić information content (AvgIpc) is 2.94. The maximum absolute atomic E-state index is 13.8. The van der Waals surface area contributed by atoms with Gasteiger partial charge in [-0.25, -0.2) is 4.98 Å². The Morgan fingerprint density at radius 1 is 1.12 bits per heavy atom. The van der Waals surface area contributed by atoms with E-state index in [1.54, 1.807) is 0 Å². The molecule has 0 N–H and O–H groups in total. The van der Waals surface area contributed by atoms with Crippen molar-refractivity contribution in [1.29, 1.82) is 0 Å². The quantitative estimate of drug-likeness (QED) is 0.622. The molecule has 3 unspecified atom stereocenters. The first-order valence-electron chi connectivity index (χ1n) is 8.46. The summed E-state index contributed by atoms with van der Waals surface area (Å²) < 4.78 is 13.8. The monoisotopic (exact) mass is 367 g/mol. The van der Waals surface area contributed by atoms with Gasteiger partial charge in [-0.1, -0.05) is 27.7 Å². The Morgan fingerprint density at radius 2 is 1.79 bits per heavy atom. The number of hydrogen-bond donors (Lipinski definition) is 1. The van der Waals surface area contributed by atoms with Crippen molar-refractivity contribution in [3.63, 3.8) is 0 Å². The highest BCUT2D eigenvalue weighted by Gasteiger charge is 2.19. The molecule has 3 atom stereocenters. The molecule has 2 heterocycles. The number of halogens is 1. The third-order valence-electron chi connectivity index (χ3n) is 4.32. The zero-order valence-corrected chi connectivity index (χ0v) is 16.7. The molecule has 6 heteroatoms. The number of nitrogens with zero attached hydrogens (tertiary/aromatic N) is 3. The van der Waals surface area contributed by atoms with Gasteiger partial charge in [0.05, 0.1) is 21.8 Å². The van der Waals surface area contributed by atoms with Crippen LogP contribution in [-0.4, -0.2) is 15.2 Å². The molecule has 3 nitrogen and oxygen atoms in total. The van der Waals surface area contributed by atoms with Gasteiger partial charge in [0.2, 0.25) is 5.95 Å². The molecule has 0 aliphatic heterocycles. The second kappa shape index (κ2) is 8.39. The van der Waals surface area contributed by atoms with Crippen molar-refractivity contribution in [1.82, 2.24) is 15.2 Å². The van der Waals surface area contributed by atoms with Crippen LogP contribution in [0.3, 0.4) is 0 Å². The molecule has 0 radical (unpaired) electrons. The first-order valence-corrected chi connectivity index (χ1v) is 9.79. The smallest absolute Gasteiger partial charge is 0.213 e. The van der Waals surface area contributed by atoms with Crippen LogP contribution in [0.1, 0.15) is 91.6 Å². The Bertz CT molecular complexity index is 670. The second-order valence-electron chi connectivity index (χ2n) is 6.83. The van der Waals surface area contributed by atoms with Crippen molar-refractivity contribution in [2.24, 2.45) is 0 Å².